The lowest BCUT2D eigenvalue weighted by atomic mass is 9.89. The number of amidine groups is 1. The Morgan fingerprint density at radius 3 is 2.67 bits per heavy atom. The van der Waals surface area contributed by atoms with Crippen LogP contribution in [0, 0.1) is 6.92 Å². The fourth-order valence-electron chi connectivity index (χ4n) is 4.27. The summed E-state index contributed by atoms with van der Waals surface area (Å²) in [6.07, 6.45) is 1.91. The van der Waals surface area contributed by atoms with E-state index in [1.807, 2.05) is 36.3 Å². The van der Waals surface area contributed by atoms with Gasteiger partial charge in [0.2, 0.25) is 5.91 Å². The number of piperidine rings is 1. The highest BCUT2D eigenvalue weighted by Crippen LogP contribution is 2.31. The molecule has 0 bridgehead atoms. The van der Waals surface area contributed by atoms with E-state index in [-0.39, 0.29) is 17.6 Å². The van der Waals surface area contributed by atoms with Crippen molar-refractivity contribution in [3.8, 4) is 5.75 Å². The van der Waals surface area contributed by atoms with Crippen LogP contribution < -0.4 is 10.2 Å². The van der Waals surface area contributed by atoms with Gasteiger partial charge in [-0.15, -0.1) is 0 Å². The predicted molar refractivity (Wildman–Crippen MR) is 126 cm³/mol. The number of aromatic hydroxyl groups is 1. The number of phenols is 1. The van der Waals surface area contributed by atoms with Crippen LogP contribution in [0.1, 0.15) is 36.5 Å². The van der Waals surface area contributed by atoms with Crippen molar-refractivity contribution in [2.75, 3.05) is 31.6 Å². The van der Waals surface area contributed by atoms with Crippen LogP contribution in [0.5, 0.6) is 5.75 Å². The van der Waals surface area contributed by atoms with Crippen molar-refractivity contribution in [3.05, 3.63) is 59.2 Å². The number of nitrogens with zero attached hydrogens (tertiary/aromatic N) is 3. The highest BCUT2D eigenvalue weighted by molar-refractivity contribution is 6.15. The van der Waals surface area contributed by atoms with E-state index in [2.05, 4.69) is 5.32 Å². The molecule has 174 valence electrons. The summed E-state index contributed by atoms with van der Waals surface area (Å²) < 4.78 is 0. The van der Waals surface area contributed by atoms with Crippen LogP contribution in [-0.4, -0.2) is 60.1 Å². The first-order valence-corrected chi connectivity index (χ1v) is 11.2. The Kier molecular flexibility index (Phi) is 6.49. The van der Waals surface area contributed by atoms with Crippen molar-refractivity contribution in [1.29, 1.82) is 0 Å². The van der Waals surface area contributed by atoms with Crippen molar-refractivity contribution < 1.29 is 19.5 Å². The second kappa shape index (κ2) is 9.33. The van der Waals surface area contributed by atoms with Gasteiger partial charge >= 0.3 is 0 Å². The highest BCUT2D eigenvalue weighted by Gasteiger charge is 2.46. The summed E-state index contributed by atoms with van der Waals surface area (Å²) in [4.78, 5) is 36.6. The standard InChI is InChI=1S/C25H30N4O4/c1-17-15-21(28(3)18(2)30)8-7-19(17)9-14-33-29-12-10-25(11-13-29)24(32)26-23(27-25)20-5-4-6-22(31)16-20/h4-8,15-16,31H,9-14H2,1-3H3,(H,26,27,32). The van der Waals surface area contributed by atoms with Gasteiger partial charge in [0.05, 0.1) is 6.61 Å². The van der Waals surface area contributed by atoms with E-state index in [0.717, 1.165) is 17.7 Å². The number of hydrogen-bond donors (Lipinski definition) is 2. The molecule has 2 heterocycles. The van der Waals surface area contributed by atoms with Gasteiger partial charge in [0.15, 0.2) is 0 Å². The van der Waals surface area contributed by atoms with Gasteiger partial charge in [-0.05, 0) is 61.6 Å². The number of anilines is 1. The van der Waals surface area contributed by atoms with Gasteiger partial charge in [0.1, 0.15) is 17.1 Å². The lowest BCUT2D eigenvalue weighted by Crippen LogP contribution is -2.49. The summed E-state index contributed by atoms with van der Waals surface area (Å²) >= 11 is 0. The molecule has 0 unspecified atom stereocenters. The molecular weight excluding hydrogens is 420 g/mol. The van der Waals surface area contributed by atoms with Gasteiger partial charge in [-0.3, -0.25) is 19.4 Å². The van der Waals surface area contributed by atoms with Crippen molar-refractivity contribution in [3.63, 3.8) is 0 Å². The molecule has 2 aromatic rings. The number of aryl methyl sites for hydroxylation is 1. The van der Waals surface area contributed by atoms with Crippen LogP contribution in [0.4, 0.5) is 5.69 Å². The summed E-state index contributed by atoms with van der Waals surface area (Å²) in [7, 11) is 1.77. The third-order valence-corrected chi connectivity index (χ3v) is 6.48. The SMILES string of the molecule is CC(=O)N(C)c1ccc(CCON2CCC3(CC2)N=C(c2cccc(O)c2)NC3=O)c(C)c1. The number of amides is 2. The maximum Gasteiger partial charge on any atom is 0.253 e. The molecule has 33 heavy (non-hydrogen) atoms. The maximum absolute atomic E-state index is 12.7. The third kappa shape index (κ3) is 4.91. The summed E-state index contributed by atoms with van der Waals surface area (Å²) in [5.74, 6) is 0.568. The normalized spacial score (nSPS) is 17.7. The first-order valence-electron chi connectivity index (χ1n) is 11.2. The minimum atomic E-state index is -0.768. The number of benzene rings is 2. The minimum Gasteiger partial charge on any atom is -0.508 e. The lowest BCUT2D eigenvalue weighted by molar-refractivity contribution is -0.176. The quantitative estimate of drug-likeness (QED) is 0.706. The molecule has 1 fully saturated rings. The number of aliphatic imine (C=N–C) groups is 1. The number of rotatable bonds is 6. The molecule has 1 saturated heterocycles. The lowest BCUT2D eigenvalue weighted by Gasteiger charge is -2.34. The molecule has 8 nitrogen and oxygen atoms in total. The highest BCUT2D eigenvalue weighted by atomic mass is 16.7. The average Bonchev–Trinajstić information content (AvgIpc) is 3.11. The van der Waals surface area contributed by atoms with E-state index in [4.69, 9.17) is 9.83 Å². The number of phenolic OH excluding ortho intramolecular Hbond substituents is 1. The van der Waals surface area contributed by atoms with Gasteiger partial charge in [0.25, 0.3) is 5.91 Å². The molecule has 2 aliphatic heterocycles. The molecule has 0 radical (unpaired) electrons. The Balaban J connectivity index is 1.30. The van der Waals surface area contributed by atoms with Gasteiger partial charge in [-0.2, -0.15) is 5.06 Å². The first kappa shape index (κ1) is 22.9. The smallest absolute Gasteiger partial charge is 0.253 e. The Hall–Kier alpha value is -3.23. The molecule has 4 rings (SSSR count). The Labute approximate surface area is 193 Å². The number of hydrogen-bond acceptors (Lipinski definition) is 6. The second-order valence-electron chi connectivity index (χ2n) is 8.70. The maximum atomic E-state index is 12.7. The van der Waals surface area contributed by atoms with E-state index < -0.39 is 5.54 Å². The molecule has 0 aliphatic carbocycles. The van der Waals surface area contributed by atoms with E-state index in [1.54, 1.807) is 37.1 Å². The zero-order valence-electron chi connectivity index (χ0n) is 19.3. The van der Waals surface area contributed by atoms with E-state index in [1.165, 1.54) is 5.56 Å². The molecule has 2 amide bonds. The number of carbonyl (C=O) groups is 2. The number of hydroxylamine groups is 2. The summed E-state index contributed by atoms with van der Waals surface area (Å²) in [5, 5.41) is 14.5. The van der Waals surface area contributed by atoms with Crippen molar-refractivity contribution in [2.45, 2.75) is 38.6 Å². The first-order chi connectivity index (χ1) is 15.8. The van der Waals surface area contributed by atoms with Crippen LogP contribution in [0.3, 0.4) is 0 Å². The molecule has 2 aromatic carbocycles. The van der Waals surface area contributed by atoms with E-state index in [9.17, 15) is 14.7 Å². The summed E-state index contributed by atoms with van der Waals surface area (Å²) in [6.45, 7) is 5.36. The molecule has 0 aromatic heterocycles. The average molecular weight is 451 g/mol. The van der Waals surface area contributed by atoms with Gasteiger partial charge < -0.3 is 15.3 Å². The predicted octanol–water partition coefficient (Wildman–Crippen LogP) is 2.57. The molecule has 2 N–H and O–H groups in total. The molecule has 0 saturated carbocycles. The fourth-order valence-corrected chi connectivity index (χ4v) is 4.27. The Bertz CT molecular complexity index is 1090. The van der Waals surface area contributed by atoms with Crippen LogP contribution in [0.15, 0.2) is 47.5 Å². The molecule has 8 heteroatoms. The number of carbonyl (C=O) groups excluding carboxylic acids is 2. The van der Waals surface area contributed by atoms with Crippen molar-refractivity contribution in [2.24, 2.45) is 4.99 Å². The van der Waals surface area contributed by atoms with Crippen LogP contribution >= 0.6 is 0 Å². The molecule has 1 spiro atoms. The molecular formula is C25H30N4O4. The van der Waals surface area contributed by atoms with Crippen LogP contribution in [0.25, 0.3) is 0 Å². The Morgan fingerprint density at radius 2 is 2.00 bits per heavy atom. The zero-order valence-corrected chi connectivity index (χ0v) is 19.3. The zero-order chi connectivity index (χ0) is 23.6. The largest absolute Gasteiger partial charge is 0.508 e. The fraction of sp³-hybridized carbons (Fsp3) is 0.400. The summed E-state index contributed by atoms with van der Waals surface area (Å²) in [5.41, 5.74) is 3.12. The van der Waals surface area contributed by atoms with E-state index in [0.29, 0.717) is 43.9 Å². The summed E-state index contributed by atoms with van der Waals surface area (Å²) in [6, 6.07) is 12.8. The van der Waals surface area contributed by atoms with Crippen LogP contribution in [-0.2, 0) is 20.8 Å². The second-order valence-corrected chi connectivity index (χ2v) is 8.70. The van der Waals surface area contributed by atoms with Gasteiger partial charge in [0, 0.05) is 38.3 Å². The van der Waals surface area contributed by atoms with Crippen molar-refractivity contribution >= 4 is 23.3 Å². The monoisotopic (exact) mass is 450 g/mol. The van der Waals surface area contributed by atoms with E-state index >= 15 is 0 Å². The minimum absolute atomic E-state index is 0.00247. The third-order valence-electron chi connectivity index (χ3n) is 6.48. The Morgan fingerprint density at radius 1 is 1.24 bits per heavy atom. The topological polar surface area (TPSA) is 94.5 Å². The molecule has 0 atom stereocenters. The van der Waals surface area contributed by atoms with Gasteiger partial charge in [-0.1, -0.05) is 18.2 Å². The van der Waals surface area contributed by atoms with Crippen molar-refractivity contribution in [1.82, 2.24) is 10.4 Å². The van der Waals surface area contributed by atoms with Gasteiger partial charge in [-0.25, -0.2) is 0 Å². The van der Waals surface area contributed by atoms with Crippen LogP contribution in [0.2, 0.25) is 0 Å². The molecule has 2 aliphatic rings. The number of nitrogens with one attached hydrogen (secondary N) is 1.